The maximum absolute atomic E-state index is 14.2. The SMILES string of the molecule is O=C(Nc1ccc(Cl)cc1)c1ccsc1N=Cc1cn(Cc2ccccc2F)c2ccccc12. The van der Waals surface area contributed by atoms with E-state index in [1.54, 1.807) is 48.7 Å². The molecule has 0 unspecified atom stereocenters. The Hall–Kier alpha value is -3.74. The summed E-state index contributed by atoms with van der Waals surface area (Å²) in [5.74, 6) is -0.469. The molecule has 1 amide bonds. The Kier molecular flexibility index (Phi) is 6.25. The molecule has 7 heteroatoms. The molecular formula is C27H19ClFN3OS. The van der Waals surface area contributed by atoms with E-state index in [1.165, 1.54) is 17.4 Å². The first-order valence-electron chi connectivity index (χ1n) is 10.6. The Bertz CT molecular complexity index is 1500. The number of benzene rings is 3. The van der Waals surface area contributed by atoms with Gasteiger partial charge < -0.3 is 9.88 Å². The third-order valence-electron chi connectivity index (χ3n) is 5.43. The van der Waals surface area contributed by atoms with E-state index in [1.807, 2.05) is 46.5 Å². The van der Waals surface area contributed by atoms with Crippen LogP contribution in [0.5, 0.6) is 0 Å². The van der Waals surface area contributed by atoms with Gasteiger partial charge in [-0.15, -0.1) is 11.3 Å². The minimum atomic E-state index is -0.238. The number of hydrogen-bond acceptors (Lipinski definition) is 3. The summed E-state index contributed by atoms with van der Waals surface area (Å²) >= 11 is 7.31. The molecule has 0 atom stereocenters. The fraction of sp³-hybridized carbons (Fsp3) is 0.0370. The molecule has 5 rings (SSSR count). The Labute approximate surface area is 205 Å². The van der Waals surface area contributed by atoms with Gasteiger partial charge in [0.15, 0.2) is 0 Å². The van der Waals surface area contributed by atoms with Gasteiger partial charge in [0.2, 0.25) is 0 Å². The number of nitrogens with one attached hydrogen (secondary N) is 1. The van der Waals surface area contributed by atoms with Crippen LogP contribution in [0.2, 0.25) is 5.02 Å². The van der Waals surface area contributed by atoms with Gasteiger partial charge >= 0.3 is 0 Å². The van der Waals surface area contributed by atoms with Crippen molar-refractivity contribution in [1.82, 2.24) is 4.57 Å². The molecule has 0 spiro atoms. The van der Waals surface area contributed by atoms with Gasteiger partial charge in [-0.05, 0) is 47.8 Å². The lowest BCUT2D eigenvalue weighted by atomic mass is 10.2. The van der Waals surface area contributed by atoms with Crippen LogP contribution >= 0.6 is 22.9 Å². The standard InChI is InChI=1S/C27H19ClFN3OS/c28-20-9-11-21(12-10-20)31-26(33)23-13-14-34-27(23)30-15-19-17-32(25-8-4-2-6-22(19)25)16-18-5-1-3-7-24(18)29/h1-15,17H,16H2,(H,31,33). The number of fused-ring (bicyclic) bond motifs is 1. The van der Waals surface area contributed by atoms with E-state index >= 15 is 0 Å². The van der Waals surface area contributed by atoms with Crippen LogP contribution in [0.3, 0.4) is 0 Å². The molecule has 3 aromatic carbocycles. The fourth-order valence-electron chi connectivity index (χ4n) is 3.75. The number of carbonyl (C=O) groups excluding carboxylic acids is 1. The molecule has 0 aliphatic rings. The van der Waals surface area contributed by atoms with Gasteiger partial charge in [0, 0.05) is 45.2 Å². The summed E-state index contributed by atoms with van der Waals surface area (Å²) in [6, 6.07) is 23.4. The van der Waals surface area contributed by atoms with Crippen LogP contribution in [0, 0.1) is 5.82 Å². The second-order valence-electron chi connectivity index (χ2n) is 7.68. The quantitative estimate of drug-likeness (QED) is 0.247. The zero-order valence-electron chi connectivity index (χ0n) is 17.9. The lowest BCUT2D eigenvalue weighted by Crippen LogP contribution is -2.10. The van der Waals surface area contributed by atoms with Crippen LogP contribution in [0.15, 0.2) is 95.4 Å². The summed E-state index contributed by atoms with van der Waals surface area (Å²) < 4.78 is 16.2. The van der Waals surface area contributed by atoms with E-state index in [9.17, 15) is 9.18 Å². The van der Waals surface area contributed by atoms with Crippen molar-refractivity contribution in [2.75, 3.05) is 5.32 Å². The Balaban J connectivity index is 1.42. The predicted molar refractivity (Wildman–Crippen MR) is 138 cm³/mol. The normalized spacial score (nSPS) is 11.4. The molecule has 2 aromatic heterocycles. The number of carbonyl (C=O) groups is 1. The summed E-state index contributed by atoms with van der Waals surface area (Å²) in [4.78, 5) is 17.4. The number of thiophene rings is 1. The number of aromatic nitrogens is 1. The van der Waals surface area contributed by atoms with E-state index < -0.39 is 0 Å². The van der Waals surface area contributed by atoms with Crippen molar-refractivity contribution < 1.29 is 9.18 Å². The van der Waals surface area contributed by atoms with Gasteiger partial charge in [0.25, 0.3) is 5.91 Å². The van der Waals surface area contributed by atoms with E-state index in [0.717, 1.165) is 16.5 Å². The van der Waals surface area contributed by atoms with Gasteiger partial charge in [-0.3, -0.25) is 4.79 Å². The van der Waals surface area contributed by atoms with Gasteiger partial charge in [-0.2, -0.15) is 0 Å². The largest absolute Gasteiger partial charge is 0.342 e. The van der Waals surface area contributed by atoms with E-state index in [-0.39, 0.29) is 11.7 Å². The number of para-hydroxylation sites is 1. The first-order valence-corrected chi connectivity index (χ1v) is 11.8. The number of nitrogens with zero attached hydrogens (tertiary/aromatic N) is 2. The Morgan fingerprint density at radius 1 is 1.03 bits per heavy atom. The second-order valence-corrected chi connectivity index (χ2v) is 9.01. The highest BCUT2D eigenvalue weighted by molar-refractivity contribution is 7.14. The van der Waals surface area contributed by atoms with Gasteiger partial charge in [0.05, 0.1) is 12.1 Å². The van der Waals surface area contributed by atoms with Crippen LogP contribution in [0.4, 0.5) is 15.1 Å². The minimum absolute atomic E-state index is 0.231. The molecule has 0 fully saturated rings. The first-order chi connectivity index (χ1) is 16.6. The van der Waals surface area contributed by atoms with Crippen LogP contribution in [-0.2, 0) is 6.54 Å². The van der Waals surface area contributed by atoms with E-state index in [4.69, 9.17) is 11.6 Å². The highest BCUT2D eigenvalue weighted by Gasteiger charge is 2.14. The third kappa shape index (κ3) is 4.64. The maximum Gasteiger partial charge on any atom is 0.258 e. The molecular weight excluding hydrogens is 469 g/mol. The zero-order chi connectivity index (χ0) is 23.5. The summed E-state index contributed by atoms with van der Waals surface area (Å²) in [7, 11) is 0. The van der Waals surface area contributed by atoms with Crippen molar-refractivity contribution in [1.29, 1.82) is 0 Å². The number of halogens is 2. The average Bonchev–Trinajstić information content (AvgIpc) is 3.46. The van der Waals surface area contributed by atoms with E-state index in [2.05, 4.69) is 10.3 Å². The minimum Gasteiger partial charge on any atom is -0.342 e. The van der Waals surface area contributed by atoms with Crippen LogP contribution in [0.25, 0.3) is 10.9 Å². The molecule has 5 aromatic rings. The molecule has 0 bridgehead atoms. The van der Waals surface area contributed by atoms with Crippen molar-refractivity contribution in [2.45, 2.75) is 6.54 Å². The monoisotopic (exact) mass is 487 g/mol. The summed E-state index contributed by atoms with van der Waals surface area (Å²) in [5, 5.41) is 6.93. The zero-order valence-corrected chi connectivity index (χ0v) is 19.5. The molecule has 0 saturated heterocycles. The molecule has 2 heterocycles. The van der Waals surface area contributed by atoms with Crippen molar-refractivity contribution >= 4 is 56.7 Å². The van der Waals surface area contributed by atoms with Crippen molar-refractivity contribution in [3.05, 3.63) is 118 Å². The van der Waals surface area contributed by atoms with Crippen LogP contribution in [0.1, 0.15) is 21.5 Å². The second kappa shape index (κ2) is 9.63. The number of hydrogen-bond donors (Lipinski definition) is 1. The van der Waals surface area contributed by atoms with Crippen molar-refractivity contribution in [3.8, 4) is 0 Å². The van der Waals surface area contributed by atoms with Gasteiger partial charge in [-0.1, -0.05) is 48.0 Å². The summed E-state index contributed by atoms with van der Waals surface area (Å²) in [5.41, 5.74) is 3.65. The third-order valence-corrected chi connectivity index (χ3v) is 6.50. The maximum atomic E-state index is 14.2. The summed E-state index contributed by atoms with van der Waals surface area (Å²) in [6.45, 7) is 0.411. The lowest BCUT2D eigenvalue weighted by molar-refractivity contribution is 0.102. The van der Waals surface area contributed by atoms with Crippen molar-refractivity contribution in [3.63, 3.8) is 0 Å². The highest BCUT2D eigenvalue weighted by Crippen LogP contribution is 2.29. The number of aliphatic imine (C=N–C) groups is 1. The van der Waals surface area contributed by atoms with Crippen LogP contribution < -0.4 is 5.32 Å². The topological polar surface area (TPSA) is 46.4 Å². The smallest absolute Gasteiger partial charge is 0.258 e. The summed E-state index contributed by atoms with van der Waals surface area (Å²) in [6.07, 6.45) is 3.72. The Morgan fingerprint density at radius 2 is 1.79 bits per heavy atom. The fourth-order valence-corrected chi connectivity index (χ4v) is 4.61. The number of amides is 1. The predicted octanol–water partition coefficient (Wildman–Crippen LogP) is 7.55. The molecule has 1 N–H and O–H groups in total. The number of anilines is 1. The molecule has 4 nitrogen and oxygen atoms in total. The highest BCUT2D eigenvalue weighted by atomic mass is 35.5. The molecule has 0 saturated carbocycles. The molecule has 34 heavy (non-hydrogen) atoms. The molecule has 0 aliphatic heterocycles. The average molecular weight is 488 g/mol. The van der Waals surface area contributed by atoms with Crippen LogP contribution in [-0.4, -0.2) is 16.7 Å². The lowest BCUT2D eigenvalue weighted by Gasteiger charge is -2.06. The van der Waals surface area contributed by atoms with Gasteiger partial charge in [0.1, 0.15) is 10.8 Å². The van der Waals surface area contributed by atoms with Gasteiger partial charge in [-0.25, -0.2) is 9.38 Å². The van der Waals surface area contributed by atoms with E-state index in [0.29, 0.717) is 33.4 Å². The first kappa shape index (κ1) is 22.1. The molecule has 0 radical (unpaired) electrons. The molecule has 0 aliphatic carbocycles. The Morgan fingerprint density at radius 3 is 2.62 bits per heavy atom. The number of rotatable bonds is 6. The van der Waals surface area contributed by atoms with Crippen molar-refractivity contribution in [2.24, 2.45) is 4.99 Å². The molecule has 168 valence electrons.